The van der Waals surface area contributed by atoms with Crippen molar-refractivity contribution in [2.24, 2.45) is 5.73 Å². The van der Waals surface area contributed by atoms with Crippen molar-refractivity contribution in [2.45, 2.75) is 6.04 Å². The second-order valence-corrected chi connectivity index (χ2v) is 5.02. The Labute approximate surface area is 136 Å². The van der Waals surface area contributed by atoms with Crippen LogP contribution in [0, 0.1) is 0 Å². The summed E-state index contributed by atoms with van der Waals surface area (Å²) in [5.74, 6) is -0.344. The number of hydrogen-bond donors (Lipinski definition) is 1. The van der Waals surface area contributed by atoms with Crippen molar-refractivity contribution in [3.63, 3.8) is 0 Å². The van der Waals surface area contributed by atoms with Crippen LogP contribution in [0.2, 0.25) is 0 Å². The summed E-state index contributed by atoms with van der Waals surface area (Å²) in [6.45, 7) is 0. The Kier molecular flexibility index (Phi) is 4.81. The Morgan fingerprint density at radius 2 is 1.36 bits per heavy atom. The van der Waals surface area contributed by atoms with Crippen LogP contribution in [0.25, 0.3) is 0 Å². The summed E-state index contributed by atoms with van der Waals surface area (Å²) in [6.07, 6.45) is 7.71. The molecule has 0 bridgehead atoms. The molecule has 1 unspecified atom stereocenters. The minimum Gasteiger partial charge on any atom is -0.364 e. The summed E-state index contributed by atoms with van der Waals surface area (Å²) in [5.41, 5.74) is 7.69. The van der Waals surface area contributed by atoms with Crippen molar-refractivity contribution in [2.75, 3.05) is 0 Å². The highest BCUT2D eigenvalue weighted by Gasteiger charge is 2.43. The van der Waals surface area contributed by atoms with Gasteiger partial charge in [0.2, 0.25) is 6.04 Å². The van der Waals surface area contributed by atoms with E-state index in [-0.39, 0.29) is 22.8 Å². The predicted octanol–water partition coefficient (Wildman–Crippen LogP) is 3.68. The van der Waals surface area contributed by atoms with Crippen LogP contribution in [0.5, 0.6) is 0 Å². The number of para-hydroxylation sites is 2. The van der Waals surface area contributed by atoms with E-state index in [1.807, 2.05) is 85.1 Å². The molecular formula is C18H18ClN2O+. The first kappa shape index (κ1) is 16.0. The fourth-order valence-electron chi connectivity index (χ4n) is 2.87. The maximum absolute atomic E-state index is 12.0. The van der Waals surface area contributed by atoms with E-state index >= 15 is 0 Å². The van der Waals surface area contributed by atoms with E-state index < -0.39 is 6.04 Å². The summed E-state index contributed by atoms with van der Waals surface area (Å²) in [4.78, 5) is 12.0. The lowest BCUT2D eigenvalue weighted by Gasteiger charge is -2.39. The number of quaternary nitrogens is 1. The first-order chi connectivity index (χ1) is 10.2. The molecule has 112 valence electrons. The maximum Gasteiger partial charge on any atom is 0.281 e. The van der Waals surface area contributed by atoms with E-state index in [1.165, 1.54) is 0 Å². The Balaban J connectivity index is 0.00000176. The van der Waals surface area contributed by atoms with Gasteiger partial charge in [-0.3, -0.25) is 4.79 Å². The first-order valence-electron chi connectivity index (χ1n) is 6.90. The first-order valence-corrected chi connectivity index (χ1v) is 6.90. The van der Waals surface area contributed by atoms with Gasteiger partial charge in [0.25, 0.3) is 5.91 Å². The molecule has 1 amide bonds. The lowest BCUT2D eigenvalue weighted by molar-refractivity contribution is -0.120. The number of carbonyl (C=O) groups excluding carboxylic acids is 1. The van der Waals surface area contributed by atoms with Crippen molar-refractivity contribution < 1.29 is 4.79 Å². The summed E-state index contributed by atoms with van der Waals surface area (Å²) in [6, 6.07) is 19.5. The van der Waals surface area contributed by atoms with Gasteiger partial charge in [-0.15, -0.1) is 12.4 Å². The van der Waals surface area contributed by atoms with Gasteiger partial charge in [-0.25, -0.2) is 4.48 Å². The van der Waals surface area contributed by atoms with Crippen molar-refractivity contribution in [1.82, 2.24) is 4.48 Å². The molecule has 0 saturated heterocycles. The van der Waals surface area contributed by atoms with Gasteiger partial charge in [-0.1, -0.05) is 42.5 Å². The molecule has 2 N–H and O–H groups in total. The van der Waals surface area contributed by atoms with E-state index in [2.05, 4.69) is 0 Å². The third-order valence-corrected chi connectivity index (χ3v) is 3.82. The number of primary amides is 1. The highest BCUT2D eigenvalue weighted by atomic mass is 35.5. The monoisotopic (exact) mass is 313 g/mol. The number of carbonyl (C=O) groups is 1. The normalized spacial score (nSPS) is 18.5. The molecule has 0 fully saturated rings. The third-order valence-electron chi connectivity index (χ3n) is 3.82. The van der Waals surface area contributed by atoms with Gasteiger partial charge in [0.1, 0.15) is 17.6 Å². The molecular weight excluding hydrogens is 296 g/mol. The zero-order chi connectivity index (χ0) is 14.7. The fraction of sp³-hybridized carbons (Fsp3) is 0.0556. The number of amides is 1. The van der Waals surface area contributed by atoms with Crippen LogP contribution in [0.4, 0.5) is 11.4 Å². The van der Waals surface area contributed by atoms with Gasteiger partial charge < -0.3 is 5.73 Å². The quantitative estimate of drug-likeness (QED) is 0.863. The van der Waals surface area contributed by atoms with Crippen molar-refractivity contribution in [3.8, 4) is 0 Å². The van der Waals surface area contributed by atoms with Gasteiger partial charge in [-0.05, 0) is 36.4 Å². The van der Waals surface area contributed by atoms with Crippen molar-refractivity contribution in [1.29, 1.82) is 0 Å². The Bertz CT molecular complexity index is 656. The SMILES string of the molecule is Cl.NC(=O)C1C=CC=C[N+]1(c1ccccc1)c1ccccc1. The van der Waals surface area contributed by atoms with Crippen LogP contribution < -0.4 is 10.2 Å². The lowest BCUT2D eigenvalue weighted by atomic mass is 10.0. The second kappa shape index (κ2) is 6.60. The molecule has 0 aromatic heterocycles. The minimum absolute atomic E-state index is 0. The molecule has 2 aromatic carbocycles. The number of nitrogens with two attached hydrogens (primary N) is 1. The van der Waals surface area contributed by atoms with Gasteiger partial charge >= 0.3 is 0 Å². The number of nitrogens with zero attached hydrogens (tertiary/aromatic N) is 1. The summed E-state index contributed by atoms with van der Waals surface area (Å²) < 4.78 is 0.285. The topological polar surface area (TPSA) is 43.1 Å². The zero-order valence-electron chi connectivity index (χ0n) is 12.0. The van der Waals surface area contributed by atoms with Crippen LogP contribution in [-0.4, -0.2) is 11.9 Å². The molecule has 3 rings (SSSR count). The summed E-state index contributed by atoms with van der Waals surface area (Å²) in [5, 5.41) is 0. The van der Waals surface area contributed by atoms with E-state index in [9.17, 15) is 4.79 Å². The maximum atomic E-state index is 12.0. The van der Waals surface area contributed by atoms with Crippen LogP contribution in [0.1, 0.15) is 0 Å². The average Bonchev–Trinajstić information content (AvgIpc) is 2.56. The average molecular weight is 314 g/mol. The Morgan fingerprint density at radius 3 is 1.82 bits per heavy atom. The van der Waals surface area contributed by atoms with E-state index in [1.54, 1.807) is 0 Å². The molecule has 1 aliphatic heterocycles. The number of halogens is 1. The molecule has 4 heteroatoms. The van der Waals surface area contributed by atoms with Crippen LogP contribution in [-0.2, 0) is 4.79 Å². The second-order valence-electron chi connectivity index (χ2n) is 5.02. The molecule has 22 heavy (non-hydrogen) atoms. The zero-order valence-corrected chi connectivity index (χ0v) is 12.8. The van der Waals surface area contributed by atoms with Crippen LogP contribution in [0.3, 0.4) is 0 Å². The lowest BCUT2D eigenvalue weighted by Crippen LogP contribution is -2.54. The molecule has 2 aromatic rings. The van der Waals surface area contributed by atoms with E-state index in [0.717, 1.165) is 11.4 Å². The molecule has 0 aliphatic carbocycles. The van der Waals surface area contributed by atoms with Gasteiger partial charge in [0.05, 0.1) is 0 Å². The molecule has 1 atom stereocenters. The molecule has 1 aliphatic rings. The standard InChI is InChI=1S/C18H16N2O.ClH/c19-18(21)17-13-7-8-14-20(17,15-9-3-1-4-10-15)16-11-5-2-6-12-16;/h1-14,17H,(H-,19,21);1H/p+1. The van der Waals surface area contributed by atoms with Gasteiger partial charge in [0, 0.05) is 0 Å². The Hall–Kier alpha value is -2.36. The largest absolute Gasteiger partial charge is 0.364 e. The number of allylic oxidation sites excluding steroid dienone is 2. The van der Waals surface area contributed by atoms with Gasteiger partial charge in [-0.2, -0.15) is 0 Å². The van der Waals surface area contributed by atoms with E-state index in [0.29, 0.717) is 0 Å². The fourth-order valence-corrected chi connectivity index (χ4v) is 2.87. The number of hydrogen-bond acceptors (Lipinski definition) is 1. The number of benzene rings is 2. The summed E-state index contributed by atoms with van der Waals surface area (Å²) >= 11 is 0. The predicted molar refractivity (Wildman–Crippen MR) is 92.8 cm³/mol. The van der Waals surface area contributed by atoms with Crippen LogP contribution in [0.15, 0.2) is 85.1 Å². The third kappa shape index (κ3) is 2.56. The van der Waals surface area contributed by atoms with Gasteiger partial charge in [0.15, 0.2) is 0 Å². The smallest absolute Gasteiger partial charge is 0.281 e. The Morgan fingerprint density at radius 1 is 0.864 bits per heavy atom. The molecule has 0 saturated carbocycles. The molecule has 1 heterocycles. The minimum atomic E-state index is -0.459. The van der Waals surface area contributed by atoms with Crippen LogP contribution >= 0.6 is 12.4 Å². The highest BCUT2D eigenvalue weighted by molar-refractivity contribution is 5.88. The van der Waals surface area contributed by atoms with E-state index in [4.69, 9.17) is 5.73 Å². The highest BCUT2D eigenvalue weighted by Crippen LogP contribution is 2.39. The summed E-state index contributed by atoms with van der Waals surface area (Å²) in [7, 11) is 0. The molecule has 0 radical (unpaired) electrons. The van der Waals surface area contributed by atoms with Crippen molar-refractivity contribution in [3.05, 3.63) is 85.1 Å². The molecule has 3 nitrogen and oxygen atoms in total. The molecule has 0 spiro atoms. The number of rotatable bonds is 3. The van der Waals surface area contributed by atoms with Crippen molar-refractivity contribution >= 4 is 29.7 Å².